The Balaban J connectivity index is 4.00. The Morgan fingerprint density at radius 2 is 1.43 bits per heavy atom. The molecular weight excluding hydrogens is 135 g/mol. The third-order valence-electron chi connectivity index (χ3n) is 0.269. The summed E-state index contributed by atoms with van der Waals surface area (Å²) in [5, 5.41) is 0. The molecule has 0 aromatic heterocycles. The number of hydrogen-bond acceptors (Lipinski definition) is 0. The van der Waals surface area contributed by atoms with Gasteiger partial charge in [-0.1, -0.05) is 0 Å². The smallest absolute Gasteiger partial charge is 0.221 e. The fraction of sp³-hybridized carbons (Fsp3) is 0.333. The van der Waals surface area contributed by atoms with Crippen LogP contribution in [0.2, 0.25) is 0 Å². The van der Waals surface area contributed by atoms with Crippen molar-refractivity contribution in [3.63, 3.8) is 0 Å². The predicted molar refractivity (Wildman–Crippen MR) is 27.6 cm³/mol. The van der Waals surface area contributed by atoms with Gasteiger partial charge in [0.2, 0.25) is 0 Å². The fourth-order valence-corrected chi connectivity index (χ4v) is 0.0250. The van der Waals surface area contributed by atoms with Crippen LogP contribution in [-0.4, -0.2) is 4.58 Å². The van der Waals surface area contributed by atoms with Gasteiger partial charge >= 0.3 is 4.58 Å². The maximum atomic E-state index is 6.15. The zero-order valence-corrected chi connectivity index (χ0v) is 4.66. The second-order valence-corrected chi connectivity index (χ2v) is 1.98. The molecule has 0 spiro atoms. The highest BCUT2D eigenvalue weighted by atomic mass is 35.5. The summed E-state index contributed by atoms with van der Waals surface area (Å²) in [6, 6.07) is 0. The number of halogens is 2. The fourth-order valence-electron chi connectivity index (χ4n) is 0.0250. The summed E-state index contributed by atoms with van der Waals surface area (Å²) < 4.78 is -1.89. The minimum atomic E-state index is -1.89. The van der Waals surface area contributed by atoms with Crippen LogP contribution in [0, 0.1) is 13.1 Å². The van der Waals surface area contributed by atoms with Crippen molar-refractivity contribution in [3.8, 4) is 0 Å². The summed E-state index contributed by atoms with van der Waals surface area (Å²) in [6.45, 7) is 12.3. The molecule has 0 N–H and O–H groups in total. The molecule has 36 valence electrons. The first-order chi connectivity index (χ1) is 3.12. The van der Waals surface area contributed by atoms with Gasteiger partial charge in [0, 0.05) is 0 Å². The lowest BCUT2D eigenvalue weighted by molar-refractivity contribution is 1.26. The maximum absolute atomic E-state index is 6.15. The van der Waals surface area contributed by atoms with Gasteiger partial charge in [-0.2, -0.15) is 9.69 Å². The first kappa shape index (κ1) is 6.56. The zero-order chi connectivity index (χ0) is 5.91. The van der Waals surface area contributed by atoms with E-state index in [1.807, 2.05) is 0 Å². The van der Waals surface area contributed by atoms with Gasteiger partial charge < -0.3 is 0 Å². The van der Waals surface area contributed by atoms with E-state index in [1.165, 1.54) is 0 Å². The largest absolute Gasteiger partial charge is 0.654 e. The molecule has 0 saturated carbocycles. The molecule has 2 nitrogen and oxygen atoms in total. The molecule has 0 bridgehead atoms. The topological polar surface area (TPSA) is 8.72 Å². The van der Waals surface area contributed by atoms with Crippen molar-refractivity contribution in [2.45, 2.75) is 4.58 Å². The third-order valence-corrected chi connectivity index (χ3v) is 0.607. The van der Waals surface area contributed by atoms with Gasteiger partial charge in [0.05, 0.1) is 23.2 Å². The van der Waals surface area contributed by atoms with Crippen molar-refractivity contribution in [1.29, 1.82) is 0 Å². The van der Waals surface area contributed by atoms with Gasteiger partial charge in [-0.3, -0.25) is 0 Å². The molecule has 0 heterocycles. The average Bonchev–Trinajstić information content (AvgIpc) is 1.68. The average molecular weight is 135 g/mol. The molecule has 7 heavy (non-hydrogen) atoms. The lowest BCUT2D eigenvalue weighted by atomic mass is 11.1. The monoisotopic (exact) mass is 134 g/mol. The van der Waals surface area contributed by atoms with Gasteiger partial charge in [0.15, 0.2) is 0 Å². The van der Waals surface area contributed by atoms with Crippen LogP contribution in [0.15, 0.2) is 0 Å². The summed E-state index contributed by atoms with van der Waals surface area (Å²) >= 11 is 9.92. The molecule has 0 radical (unpaired) electrons. The van der Waals surface area contributed by atoms with E-state index in [1.54, 1.807) is 0 Å². The van der Waals surface area contributed by atoms with E-state index in [4.69, 9.17) is 36.3 Å². The van der Waals surface area contributed by atoms with Crippen molar-refractivity contribution >= 4 is 23.2 Å². The van der Waals surface area contributed by atoms with E-state index in [0.717, 1.165) is 0 Å². The van der Waals surface area contributed by atoms with E-state index < -0.39 is 4.58 Å². The Bertz CT molecular complexity index is 122. The van der Waals surface area contributed by atoms with Crippen molar-refractivity contribution in [3.05, 3.63) is 22.8 Å². The standard InChI is InChI=1S/C3Cl2N2/c1-6-3(4,5)7-2. The first-order valence-corrected chi connectivity index (χ1v) is 2.03. The lowest BCUT2D eigenvalue weighted by Gasteiger charge is -1.81. The zero-order valence-electron chi connectivity index (χ0n) is 3.15. The molecule has 4 heteroatoms. The Kier molecular flexibility index (Phi) is 1.90. The van der Waals surface area contributed by atoms with Crippen LogP contribution in [0.5, 0.6) is 0 Å². The van der Waals surface area contributed by atoms with Crippen LogP contribution in [0.25, 0.3) is 9.69 Å². The van der Waals surface area contributed by atoms with Crippen LogP contribution >= 0.6 is 23.2 Å². The predicted octanol–water partition coefficient (Wildman–Crippen LogP) is 1.91. The summed E-state index contributed by atoms with van der Waals surface area (Å²) in [5.74, 6) is 0. The molecule has 0 aliphatic heterocycles. The molecule has 0 fully saturated rings. The second-order valence-electron chi connectivity index (χ2n) is 0.733. The molecule has 0 amide bonds. The minimum absolute atomic E-state index is 1.89. The van der Waals surface area contributed by atoms with Gasteiger partial charge in [-0.15, -0.1) is 0 Å². The Morgan fingerprint density at radius 3 is 1.43 bits per heavy atom. The molecule has 0 aromatic rings. The number of alkyl halides is 2. The summed E-state index contributed by atoms with van der Waals surface area (Å²) in [4.78, 5) is 5.13. The molecule has 0 rings (SSSR count). The highest BCUT2D eigenvalue weighted by Crippen LogP contribution is 2.23. The van der Waals surface area contributed by atoms with E-state index in [0.29, 0.717) is 0 Å². The van der Waals surface area contributed by atoms with Gasteiger partial charge in [-0.25, -0.2) is 13.1 Å². The molecule has 0 aliphatic carbocycles. The van der Waals surface area contributed by atoms with Gasteiger partial charge in [0.1, 0.15) is 0 Å². The normalized spacial score (nSPS) is 9.14. The summed E-state index contributed by atoms with van der Waals surface area (Å²) in [6.07, 6.45) is 0. The molecular formula is C3Cl2N2. The number of nitrogens with zero attached hydrogens (tertiary/aromatic N) is 2. The van der Waals surface area contributed by atoms with Crippen molar-refractivity contribution in [2.24, 2.45) is 0 Å². The van der Waals surface area contributed by atoms with Gasteiger partial charge in [-0.05, 0) is 0 Å². The molecule has 0 aromatic carbocycles. The second kappa shape index (κ2) is 2.02. The summed E-state index contributed by atoms with van der Waals surface area (Å²) in [7, 11) is 0. The molecule has 0 unspecified atom stereocenters. The Labute approximate surface area is 51.3 Å². The summed E-state index contributed by atoms with van der Waals surface area (Å²) in [5.41, 5.74) is 0. The maximum Gasteiger partial charge on any atom is 0.654 e. The van der Waals surface area contributed by atoms with E-state index in [-0.39, 0.29) is 0 Å². The SMILES string of the molecule is [C-]#[N+]C(Cl)(Cl)[N+]#[C-]. The van der Waals surface area contributed by atoms with Crippen LogP contribution in [0.3, 0.4) is 0 Å². The number of hydrogen-bond donors (Lipinski definition) is 0. The van der Waals surface area contributed by atoms with Crippen LogP contribution < -0.4 is 0 Å². The minimum Gasteiger partial charge on any atom is -0.221 e. The Morgan fingerprint density at radius 1 is 1.14 bits per heavy atom. The van der Waals surface area contributed by atoms with Crippen molar-refractivity contribution in [2.75, 3.05) is 0 Å². The number of rotatable bonds is 0. The van der Waals surface area contributed by atoms with Crippen molar-refractivity contribution in [1.82, 2.24) is 0 Å². The van der Waals surface area contributed by atoms with E-state index in [9.17, 15) is 0 Å². The van der Waals surface area contributed by atoms with Crippen LogP contribution in [-0.2, 0) is 0 Å². The third kappa shape index (κ3) is 2.28. The Hall–Kier alpha value is -0.440. The van der Waals surface area contributed by atoms with Crippen molar-refractivity contribution < 1.29 is 0 Å². The highest BCUT2D eigenvalue weighted by Gasteiger charge is 2.36. The van der Waals surface area contributed by atoms with E-state index in [2.05, 4.69) is 9.69 Å². The quantitative estimate of drug-likeness (QED) is 0.272. The van der Waals surface area contributed by atoms with Gasteiger partial charge in [0.25, 0.3) is 0 Å². The molecule has 0 saturated heterocycles. The highest BCUT2D eigenvalue weighted by molar-refractivity contribution is 6.50. The van der Waals surface area contributed by atoms with Crippen LogP contribution in [0.4, 0.5) is 0 Å². The molecule has 0 aliphatic rings. The molecule has 0 atom stereocenters. The van der Waals surface area contributed by atoms with Crippen LogP contribution in [0.1, 0.15) is 0 Å². The lowest BCUT2D eigenvalue weighted by Crippen LogP contribution is -1.94. The first-order valence-electron chi connectivity index (χ1n) is 1.27. The van der Waals surface area contributed by atoms with E-state index >= 15 is 0 Å².